The fourth-order valence-corrected chi connectivity index (χ4v) is 4.65. The van der Waals surface area contributed by atoms with Crippen LogP contribution >= 0.6 is 23.5 Å². The molecule has 42 heavy (non-hydrogen) atoms. The maximum absolute atomic E-state index is 12.6. The molecule has 0 saturated heterocycles. The number of guanidine groups is 1. The van der Waals surface area contributed by atoms with E-state index in [2.05, 4.69) is 21.1 Å². The second kappa shape index (κ2) is 14.2. The van der Waals surface area contributed by atoms with Gasteiger partial charge in [0.05, 0.1) is 18.3 Å². The Bertz CT molecular complexity index is 1500. The third-order valence-electron chi connectivity index (χ3n) is 5.65. The quantitative estimate of drug-likeness (QED) is 0.119. The molecule has 0 bridgehead atoms. The van der Waals surface area contributed by atoms with Crippen LogP contribution in [-0.2, 0) is 11.3 Å². The highest BCUT2D eigenvalue weighted by Gasteiger charge is 2.18. The van der Waals surface area contributed by atoms with E-state index in [1.54, 1.807) is 6.20 Å². The Morgan fingerprint density at radius 1 is 0.976 bits per heavy atom. The van der Waals surface area contributed by atoms with Gasteiger partial charge in [0.1, 0.15) is 11.4 Å². The molecular formula is C33H35ClN4O3S. The molecule has 3 aromatic carbocycles. The predicted molar refractivity (Wildman–Crippen MR) is 172 cm³/mol. The van der Waals surface area contributed by atoms with Crippen LogP contribution in [0, 0.1) is 0 Å². The first-order valence-electron chi connectivity index (χ1n) is 13.6. The van der Waals surface area contributed by atoms with Crippen LogP contribution < -0.4 is 14.8 Å². The molecule has 7 nitrogen and oxygen atoms in total. The van der Waals surface area contributed by atoms with Crippen LogP contribution in [0.5, 0.6) is 5.75 Å². The molecule has 4 aromatic rings. The molecule has 2 N–H and O–H groups in total. The molecule has 0 radical (unpaired) electrons. The highest BCUT2D eigenvalue weighted by molar-refractivity contribution is 7.98. The zero-order valence-corrected chi connectivity index (χ0v) is 25.9. The standard InChI is InChI=1S/C33H35ClN4O3S/c1-22(2)40-27-17-13-24(14-18-27)29-19-23(20-35-30(29)25-11-15-26(34)16-12-25)21-36-31(37-32(39)41-33(3,4)5)38-42-28-9-7-6-8-10-28/h6-20,22H,21H2,1-5H3,(H2,36,37,38,39). The second-order valence-electron chi connectivity index (χ2n) is 10.7. The van der Waals surface area contributed by atoms with Crippen LogP contribution in [0.2, 0.25) is 5.02 Å². The van der Waals surface area contributed by atoms with Gasteiger partial charge < -0.3 is 9.47 Å². The average Bonchev–Trinajstić information content (AvgIpc) is 2.94. The van der Waals surface area contributed by atoms with Crippen molar-refractivity contribution in [1.82, 2.24) is 15.0 Å². The number of nitrogens with one attached hydrogen (secondary N) is 2. The minimum Gasteiger partial charge on any atom is -0.491 e. The average molecular weight is 603 g/mol. The maximum Gasteiger partial charge on any atom is 0.414 e. The normalized spacial score (nSPS) is 11.7. The van der Waals surface area contributed by atoms with Gasteiger partial charge in [-0.1, -0.05) is 54.1 Å². The van der Waals surface area contributed by atoms with Crippen molar-refractivity contribution in [3.63, 3.8) is 0 Å². The van der Waals surface area contributed by atoms with Crippen LogP contribution in [0.15, 0.2) is 101 Å². The highest BCUT2D eigenvalue weighted by Crippen LogP contribution is 2.33. The molecule has 9 heteroatoms. The topological polar surface area (TPSA) is 84.8 Å². The Morgan fingerprint density at radius 3 is 2.29 bits per heavy atom. The first kappa shape index (κ1) is 30.9. The van der Waals surface area contributed by atoms with Gasteiger partial charge in [-0.3, -0.25) is 15.0 Å². The number of pyridine rings is 1. The number of alkyl carbamates (subject to hydrolysis) is 1. The Kier molecular flexibility index (Phi) is 10.5. The summed E-state index contributed by atoms with van der Waals surface area (Å²) in [5, 5.41) is 3.39. The lowest BCUT2D eigenvalue weighted by atomic mass is 9.98. The smallest absolute Gasteiger partial charge is 0.414 e. The number of rotatable bonds is 8. The van der Waals surface area contributed by atoms with Crippen molar-refractivity contribution >= 4 is 35.6 Å². The summed E-state index contributed by atoms with van der Waals surface area (Å²) in [5.41, 5.74) is 3.91. The maximum atomic E-state index is 12.6. The molecule has 0 aliphatic heterocycles. The van der Waals surface area contributed by atoms with Gasteiger partial charge in [-0.15, -0.1) is 0 Å². The molecule has 4 rings (SSSR count). The van der Waals surface area contributed by atoms with E-state index in [0.29, 0.717) is 5.02 Å². The van der Waals surface area contributed by atoms with E-state index in [0.717, 1.165) is 38.6 Å². The molecule has 0 unspecified atom stereocenters. The first-order chi connectivity index (χ1) is 20.1. The van der Waals surface area contributed by atoms with Gasteiger partial charge in [-0.05, 0) is 100 Å². The van der Waals surface area contributed by atoms with Crippen LogP contribution in [0.25, 0.3) is 22.4 Å². The predicted octanol–water partition coefficient (Wildman–Crippen LogP) is 8.53. The van der Waals surface area contributed by atoms with Gasteiger partial charge in [0.2, 0.25) is 5.96 Å². The summed E-state index contributed by atoms with van der Waals surface area (Å²) in [5.74, 6) is 1.08. The molecule has 0 aliphatic carbocycles. The summed E-state index contributed by atoms with van der Waals surface area (Å²) in [6.07, 6.45) is 1.28. The fourth-order valence-electron chi connectivity index (χ4n) is 3.90. The Balaban J connectivity index is 1.64. The Morgan fingerprint density at radius 2 is 1.64 bits per heavy atom. The number of hydrogen-bond acceptors (Lipinski definition) is 6. The van der Waals surface area contributed by atoms with Crippen molar-refractivity contribution < 1.29 is 14.3 Å². The molecule has 0 saturated carbocycles. The van der Waals surface area contributed by atoms with Gasteiger partial charge in [-0.25, -0.2) is 9.79 Å². The van der Waals surface area contributed by atoms with Gasteiger partial charge in [0, 0.05) is 27.2 Å². The van der Waals surface area contributed by atoms with E-state index < -0.39 is 11.7 Å². The van der Waals surface area contributed by atoms with E-state index in [1.807, 2.05) is 113 Å². The van der Waals surface area contributed by atoms with Crippen molar-refractivity contribution in [3.05, 3.63) is 102 Å². The number of amides is 1. The summed E-state index contributed by atoms with van der Waals surface area (Å²) in [7, 11) is 0. The highest BCUT2D eigenvalue weighted by atomic mass is 35.5. The molecule has 0 fully saturated rings. The molecule has 218 valence electrons. The van der Waals surface area contributed by atoms with Crippen molar-refractivity contribution in [3.8, 4) is 28.1 Å². The number of aliphatic imine (C=N–C) groups is 1. The van der Waals surface area contributed by atoms with Crippen molar-refractivity contribution in [2.45, 2.75) is 57.8 Å². The number of carbonyl (C=O) groups is 1. The minimum absolute atomic E-state index is 0.0838. The summed E-state index contributed by atoms with van der Waals surface area (Å²) < 4.78 is 14.4. The SMILES string of the molecule is CC(C)Oc1ccc(-c2cc(CN=C(NSc3ccccc3)NC(=O)OC(C)(C)C)cnc2-c2ccc(Cl)cc2)cc1. The van der Waals surface area contributed by atoms with Gasteiger partial charge in [0.15, 0.2) is 0 Å². The van der Waals surface area contributed by atoms with Gasteiger partial charge >= 0.3 is 6.09 Å². The van der Waals surface area contributed by atoms with Crippen molar-refractivity contribution in [2.24, 2.45) is 4.99 Å². The van der Waals surface area contributed by atoms with Gasteiger partial charge in [0.25, 0.3) is 0 Å². The molecular weight excluding hydrogens is 568 g/mol. The summed E-state index contributed by atoms with van der Waals surface area (Å²) in [6, 6.07) is 27.4. The Labute approximate surface area is 256 Å². The number of aromatic nitrogens is 1. The summed E-state index contributed by atoms with van der Waals surface area (Å²) in [6.45, 7) is 9.70. The molecule has 1 amide bonds. The van der Waals surface area contributed by atoms with E-state index in [1.165, 1.54) is 11.9 Å². The third kappa shape index (κ3) is 9.53. The number of carbonyl (C=O) groups excluding carboxylic acids is 1. The zero-order chi connectivity index (χ0) is 30.1. The number of benzene rings is 3. The molecule has 0 atom stereocenters. The monoisotopic (exact) mass is 602 g/mol. The van der Waals surface area contributed by atoms with Crippen LogP contribution in [0.1, 0.15) is 40.2 Å². The van der Waals surface area contributed by atoms with E-state index in [9.17, 15) is 4.79 Å². The molecule has 1 aromatic heterocycles. The number of halogens is 1. The largest absolute Gasteiger partial charge is 0.491 e. The van der Waals surface area contributed by atoms with E-state index >= 15 is 0 Å². The summed E-state index contributed by atoms with van der Waals surface area (Å²) in [4.78, 5) is 23.0. The summed E-state index contributed by atoms with van der Waals surface area (Å²) >= 11 is 7.49. The molecule has 0 aliphatic rings. The number of hydrogen-bond donors (Lipinski definition) is 2. The number of ether oxygens (including phenoxy) is 2. The lowest BCUT2D eigenvalue weighted by Gasteiger charge is -2.20. The zero-order valence-electron chi connectivity index (χ0n) is 24.4. The van der Waals surface area contributed by atoms with E-state index in [-0.39, 0.29) is 18.6 Å². The second-order valence-corrected chi connectivity index (χ2v) is 12.1. The lowest BCUT2D eigenvalue weighted by molar-refractivity contribution is 0.0562. The number of nitrogens with zero attached hydrogens (tertiary/aromatic N) is 2. The molecule has 0 spiro atoms. The van der Waals surface area contributed by atoms with Crippen LogP contribution in [0.4, 0.5) is 4.79 Å². The molecule has 1 heterocycles. The van der Waals surface area contributed by atoms with E-state index in [4.69, 9.17) is 26.1 Å². The fraction of sp³-hybridized carbons (Fsp3) is 0.242. The first-order valence-corrected chi connectivity index (χ1v) is 14.8. The van der Waals surface area contributed by atoms with Crippen molar-refractivity contribution in [2.75, 3.05) is 0 Å². The third-order valence-corrected chi connectivity index (χ3v) is 6.70. The lowest BCUT2D eigenvalue weighted by Crippen LogP contribution is -2.41. The Hall–Kier alpha value is -4.01. The minimum atomic E-state index is -0.645. The van der Waals surface area contributed by atoms with Crippen LogP contribution in [-0.4, -0.2) is 28.7 Å². The van der Waals surface area contributed by atoms with Gasteiger partial charge in [-0.2, -0.15) is 0 Å². The van der Waals surface area contributed by atoms with Crippen molar-refractivity contribution in [1.29, 1.82) is 0 Å². The van der Waals surface area contributed by atoms with Crippen LogP contribution in [0.3, 0.4) is 0 Å².